The number of carbonyl (C=O) groups excluding carboxylic acids is 2. The lowest BCUT2D eigenvalue weighted by atomic mass is 10.0. The number of nitrogens with one attached hydrogen (secondary N) is 2. The maximum Gasteiger partial charge on any atom is 0.352 e. The van der Waals surface area contributed by atoms with E-state index in [1.54, 1.807) is 17.6 Å². The van der Waals surface area contributed by atoms with Gasteiger partial charge in [0.1, 0.15) is 22.8 Å². The van der Waals surface area contributed by atoms with Crippen molar-refractivity contribution in [3.05, 3.63) is 68.3 Å². The number of benzene rings is 1. The van der Waals surface area contributed by atoms with Crippen molar-refractivity contribution in [3.8, 4) is 0 Å². The molecule has 3 aromatic rings. The summed E-state index contributed by atoms with van der Waals surface area (Å²) >= 11 is 5.08. The summed E-state index contributed by atoms with van der Waals surface area (Å²) in [6, 6.07) is 6.37. The lowest BCUT2D eigenvalue weighted by molar-refractivity contribution is -0.150. The van der Waals surface area contributed by atoms with Crippen molar-refractivity contribution < 1.29 is 28.7 Å². The van der Waals surface area contributed by atoms with Gasteiger partial charge in [0.15, 0.2) is 16.3 Å². The molecule has 5 heterocycles. The Hall–Kier alpha value is -3.97. The average Bonchev–Trinajstić information content (AvgIpc) is 3.49. The van der Waals surface area contributed by atoms with Gasteiger partial charge in [-0.05, 0) is 35.3 Å². The molecule has 1 aromatic carbocycles. The molecule has 2 atom stereocenters. The quantitative estimate of drug-likeness (QED) is 0.105. The number of thiazole rings is 1. The number of halogens is 1. The minimum atomic E-state index is -1.29. The maximum atomic E-state index is 13.1. The lowest BCUT2D eigenvalue weighted by Crippen LogP contribution is -2.71. The molecule has 5 N–H and O–H groups in total. The number of carbonyl (C=O) groups is 3. The van der Waals surface area contributed by atoms with E-state index in [9.17, 15) is 28.7 Å². The average molecular weight is 704 g/mol. The molecule has 2 saturated heterocycles. The normalized spacial score (nSPS) is 20.2. The SMILES string of the molecule is Nc1nc(C(=NOCF)C(=O)NC2C(=O)N3C(C(=O)O)=C(C=CSc4cc(=O)c5ccc(N6CCNCC6)cc5s4)CS[C@H]23)cs1. The third-order valence-electron chi connectivity index (χ3n) is 7.30. The number of nitrogens with zero attached hydrogens (tertiary/aromatic N) is 4. The summed E-state index contributed by atoms with van der Waals surface area (Å²) in [7, 11) is 0. The maximum absolute atomic E-state index is 13.1. The number of piperazine rings is 1. The van der Waals surface area contributed by atoms with Crippen molar-refractivity contribution in [2.45, 2.75) is 15.6 Å². The van der Waals surface area contributed by atoms with Crippen molar-refractivity contribution in [1.82, 2.24) is 20.5 Å². The number of carboxylic acids is 1. The molecular weight excluding hydrogens is 678 g/mol. The second-order valence-corrected chi connectivity index (χ2v) is 14.3. The second-order valence-electron chi connectivity index (χ2n) is 10.1. The van der Waals surface area contributed by atoms with E-state index in [1.807, 2.05) is 18.2 Å². The van der Waals surface area contributed by atoms with Gasteiger partial charge in [-0.15, -0.1) is 34.4 Å². The van der Waals surface area contributed by atoms with Gasteiger partial charge in [-0.3, -0.25) is 19.3 Å². The second kappa shape index (κ2) is 13.8. The van der Waals surface area contributed by atoms with Crippen LogP contribution in [0.4, 0.5) is 15.2 Å². The number of hydrogen-bond donors (Lipinski definition) is 4. The van der Waals surface area contributed by atoms with Gasteiger partial charge in [-0.25, -0.2) is 14.2 Å². The van der Waals surface area contributed by atoms with Gasteiger partial charge in [0.2, 0.25) is 0 Å². The Morgan fingerprint density at radius 2 is 2.09 bits per heavy atom. The fourth-order valence-corrected chi connectivity index (χ4v) is 9.03. The number of nitrogen functional groups attached to an aromatic ring is 1. The third-order valence-corrected chi connectivity index (χ3v) is 11.3. The zero-order chi connectivity index (χ0) is 32.4. The van der Waals surface area contributed by atoms with Crippen LogP contribution in [0, 0.1) is 0 Å². The molecular formula is C28H26FN7O6S4. The van der Waals surface area contributed by atoms with Crippen LogP contribution in [0.2, 0.25) is 0 Å². The number of aromatic nitrogens is 1. The Morgan fingerprint density at radius 1 is 1.28 bits per heavy atom. The number of oxime groups is 1. The number of hydrogen-bond acceptors (Lipinski definition) is 14. The van der Waals surface area contributed by atoms with Crippen LogP contribution in [0.25, 0.3) is 10.1 Å². The fraction of sp³-hybridized carbons (Fsp3) is 0.286. The topological polar surface area (TPSA) is 180 Å². The van der Waals surface area contributed by atoms with Crippen molar-refractivity contribution in [1.29, 1.82) is 0 Å². The Morgan fingerprint density at radius 3 is 2.80 bits per heavy atom. The number of nitrogens with two attached hydrogens (primary N) is 1. The summed E-state index contributed by atoms with van der Waals surface area (Å²) in [4.78, 5) is 63.0. The van der Waals surface area contributed by atoms with E-state index in [4.69, 9.17) is 5.73 Å². The van der Waals surface area contributed by atoms with Crippen molar-refractivity contribution >= 4 is 90.6 Å². The van der Waals surface area contributed by atoms with Crippen LogP contribution in [0.1, 0.15) is 5.69 Å². The Kier molecular flexibility index (Phi) is 9.60. The van der Waals surface area contributed by atoms with Gasteiger partial charge in [0.25, 0.3) is 18.7 Å². The zero-order valence-electron chi connectivity index (χ0n) is 23.8. The highest BCUT2D eigenvalue weighted by Crippen LogP contribution is 2.41. The summed E-state index contributed by atoms with van der Waals surface area (Å²) in [5, 5.41) is 22.6. The molecule has 3 aliphatic heterocycles. The molecule has 0 spiro atoms. The standard InChI is InChI=1S/C28H26FN7O6S4/c29-13-42-34-21(17-12-45-28(30)32-17)24(38)33-22-25(39)36-23(27(40)41)14(11-44-26(22)36)3-8-43-20-10-18(37)16-2-1-15(9-19(16)46-20)35-6-4-31-5-7-35/h1-3,8-10,12,22,26,31H,4-7,11,13H2,(H2,30,32)(H,33,38)(H,40,41)/t22?,26-/m1/s1. The number of alkyl halides is 1. The highest BCUT2D eigenvalue weighted by atomic mass is 32.2. The van der Waals surface area contributed by atoms with E-state index in [1.165, 1.54) is 40.2 Å². The number of fused-ring (bicyclic) bond motifs is 2. The Bertz CT molecular complexity index is 1850. The molecule has 46 heavy (non-hydrogen) atoms. The van der Waals surface area contributed by atoms with Crippen molar-refractivity contribution in [3.63, 3.8) is 0 Å². The molecule has 3 aliphatic rings. The van der Waals surface area contributed by atoms with Gasteiger partial charge >= 0.3 is 5.97 Å². The Balaban J connectivity index is 1.17. The first-order valence-electron chi connectivity index (χ1n) is 13.8. The van der Waals surface area contributed by atoms with Gasteiger partial charge < -0.3 is 31.2 Å². The van der Waals surface area contributed by atoms with E-state index in [0.717, 1.165) is 57.0 Å². The van der Waals surface area contributed by atoms with E-state index < -0.39 is 36.1 Å². The van der Waals surface area contributed by atoms with Crippen LogP contribution in [0.15, 0.2) is 66.6 Å². The van der Waals surface area contributed by atoms with Gasteiger partial charge in [-0.1, -0.05) is 16.9 Å². The Labute approximate surface area is 277 Å². The van der Waals surface area contributed by atoms with Gasteiger partial charge in [0, 0.05) is 59.2 Å². The molecule has 2 aromatic heterocycles. The van der Waals surface area contributed by atoms with E-state index >= 15 is 0 Å². The highest BCUT2D eigenvalue weighted by Gasteiger charge is 2.54. The van der Waals surface area contributed by atoms with Crippen molar-refractivity contribution in [2.24, 2.45) is 5.16 Å². The molecule has 0 aliphatic carbocycles. The van der Waals surface area contributed by atoms with Crippen LogP contribution in [0.5, 0.6) is 0 Å². The molecule has 0 radical (unpaired) electrons. The summed E-state index contributed by atoms with van der Waals surface area (Å²) in [5.41, 5.74) is 6.49. The third kappa shape index (κ3) is 6.48. The molecule has 13 nitrogen and oxygen atoms in total. The fourth-order valence-electron chi connectivity index (χ4n) is 5.15. The summed E-state index contributed by atoms with van der Waals surface area (Å²) in [5.74, 6) is -2.52. The number of amides is 2. The molecule has 18 heteroatoms. The first-order chi connectivity index (χ1) is 22.2. The molecule has 0 saturated carbocycles. The van der Waals surface area contributed by atoms with Gasteiger partial charge in [0.05, 0.1) is 4.21 Å². The number of anilines is 2. The smallest absolute Gasteiger partial charge is 0.352 e. The van der Waals surface area contributed by atoms with E-state index in [2.05, 4.69) is 30.5 Å². The van der Waals surface area contributed by atoms with E-state index in [-0.39, 0.29) is 33.4 Å². The highest BCUT2D eigenvalue weighted by molar-refractivity contribution is 8.04. The first-order valence-corrected chi connectivity index (χ1v) is 17.4. The van der Waals surface area contributed by atoms with Gasteiger partial charge in [-0.2, -0.15) is 0 Å². The van der Waals surface area contributed by atoms with Crippen LogP contribution >= 0.6 is 46.2 Å². The number of β-lactam (4-membered cyclic amide) rings is 1. The number of rotatable bonds is 10. The lowest BCUT2D eigenvalue weighted by Gasteiger charge is -2.49. The predicted octanol–water partition coefficient (Wildman–Crippen LogP) is 2.40. The van der Waals surface area contributed by atoms with Crippen LogP contribution in [0.3, 0.4) is 0 Å². The monoisotopic (exact) mass is 703 g/mol. The van der Waals surface area contributed by atoms with Crippen LogP contribution in [-0.2, 0) is 19.2 Å². The summed E-state index contributed by atoms with van der Waals surface area (Å²) in [6.45, 7) is 2.28. The number of carboxylic acid groups (broad SMARTS) is 1. The van der Waals surface area contributed by atoms with E-state index in [0.29, 0.717) is 11.0 Å². The molecule has 2 fully saturated rings. The summed E-state index contributed by atoms with van der Waals surface area (Å²) in [6.07, 6.45) is 1.63. The minimum absolute atomic E-state index is 0.0424. The molecule has 0 bridgehead atoms. The minimum Gasteiger partial charge on any atom is -0.477 e. The molecule has 240 valence electrons. The van der Waals surface area contributed by atoms with Crippen LogP contribution < -0.4 is 26.7 Å². The zero-order valence-corrected chi connectivity index (χ0v) is 27.1. The van der Waals surface area contributed by atoms with Crippen LogP contribution in [-0.4, -0.2) is 88.7 Å². The van der Waals surface area contributed by atoms with Crippen molar-refractivity contribution in [2.75, 3.05) is 49.4 Å². The molecule has 1 unspecified atom stereocenters. The first kappa shape index (κ1) is 32.0. The molecule has 2 amide bonds. The molecule has 6 rings (SSSR count). The number of thioether (sulfide) groups is 2. The predicted molar refractivity (Wildman–Crippen MR) is 178 cm³/mol. The number of aliphatic carboxylic acids is 1. The number of allylic oxidation sites excluding steroid dienone is 1. The summed E-state index contributed by atoms with van der Waals surface area (Å²) < 4.78 is 14.2. The largest absolute Gasteiger partial charge is 0.477 e.